The Morgan fingerprint density at radius 2 is 2.00 bits per heavy atom. The first kappa shape index (κ1) is 12.9. The zero-order valence-electron chi connectivity index (χ0n) is 11.9. The molecule has 102 valence electrons. The first-order valence-electron chi connectivity index (χ1n) is 6.94. The summed E-state index contributed by atoms with van der Waals surface area (Å²) in [6.07, 6.45) is 2.88. The van der Waals surface area contributed by atoms with Crippen molar-refractivity contribution in [3.05, 3.63) is 59.4 Å². The molecule has 0 fully saturated rings. The number of nitrogens with zero attached hydrogens (tertiary/aromatic N) is 2. The van der Waals surface area contributed by atoms with Gasteiger partial charge in [0.15, 0.2) is 0 Å². The van der Waals surface area contributed by atoms with Gasteiger partial charge in [0.1, 0.15) is 5.65 Å². The highest BCUT2D eigenvalue weighted by Crippen LogP contribution is 2.28. The molecule has 0 aliphatic carbocycles. The van der Waals surface area contributed by atoms with Gasteiger partial charge in [0.05, 0.1) is 11.4 Å². The maximum Gasteiger partial charge on any atom is 0.137 e. The van der Waals surface area contributed by atoms with Gasteiger partial charge in [-0.2, -0.15) is 0 Å². The average molecular weight is 265 g/mol. The van der Waals surface area contributed by atoms with Crippen LogP contribution in [0.4, 0.5) is 0 Å². The molecule has 3 rings (SSSR count). The summed E-state index contributed by atoms with van der Waals surface area (Å²) in [5.41, 5.74) is 12.7. The Morgan fingerprint density at radius 3 is 2.75 bits per heavy atom. The minimum absolute atomic E-state index is 0.626. The van der Waals surface area contributed by atoms with Crippen LogP contribution in [-0.2, 0) is 6.42 Å². The highest BCUT2D eigenvalue weighted by molar-refractivity contribution is 5.70. The molecule has 0 unspecified atom stereocenters. The molecule has 0 bridgehead atoms. The molecule has 3 aromatic rings. The van der Waals surface area contributed by atoms with E-state index in [-0.39, 0.29) is 0 Å². The molecule has 2 heterocycles. The summed E-state index contributed by atoms with van der Waals surface area (Å²) in [5.74, 6) is 0. The van der Waals surface area contributed by atoms with Gasteiger partial charge in [0.2, 0.25) is 0 Å². The quantitative estimate of drug-likeness (QED) is 0.790. The van der Waals surface area contributed by atoms with E-state index in [1.807, 2.05) is 18.2 Å². The third-order valence-electron chi connectivity index (χ3n) is 3.65. The van der Waals surface area contributed by atoms with E-state index >= 15 is 0 Å². The lowest BCUT2D eigenvalue weighted by atomic mass is 10.0. The third kappa shape index (κ3) is 2.10. The van der Waals surface area contributed by atoms with Crippen LogP contribution in [0, 0.1) is 13.8 Å². The Bertz CT molecular complexity index is 756. The smallest absolute Gasteiger partial charge is 0.137 e. The van der Waals surface area contributed by atoms with E-state index in [0.717, 1.165) is 17.8 Å². The molecule has 1 aromatic carbocycles. The van der Waals surface area contributed by atoms with Gasteiger partial charge in [-0.15, -0.1) is 0 Å². The Balaban J connectivity index is 2.26. The highest BCUT2D eigenvalue weighted by Gasteiger charge is 2.14. The van der Waals surface area contributed by atoms with Crippen molar-refractivity contribution in [3.63, 3.8) is 0 Å². The zero-order chi connectivity index (χ0) is 14.1. The number of benzene rings is 1. The molecular formula is C17H19N3. The Morgan fingerprint density at radius 1 is 1.15 bits per heavy atom. The standard InChI is InChI=1S/C17H19N3/c1-12-6-7-14(13(2)11-12)17-15(8-9-18)20-10-4-3-5-16(20)19-17/h3-7,10-11H,8-9,18H2,1-2H3. The predicted octanol–water partition coefficient (Wildman–Crippen LogP) is 3.12. The molecule has 2 N–H and O–H groups in total. The number of fused-ring (bicyclic) bond motifs is 1. The maximum atomic E-state index is 5.78. The van der Waals surface area contributed by atoms with E-state index in [4.69, 9.17) is 10.7 Å². The fourth-order valence-corrected chi connectivity index (χ4v) is 2.72. The van der Waals surface area contributed by atoms with Crippen LogP contribution in [0.1, 0.15) is 16.8 Å². The van der Waals surface area contributed by atoms with Gasteiger partial charge in [0, 0.05) is 18.2 Å². The lowest BCUT2D eigenvalue weighted by molar-refractivity contribution is 0.907. The molecule has 3 nitrogen and oxygen atoms in total. The van der Waals surface area contributed by atoms with Crippen molar-refractivity contribution < 1.29 is 0 Å². The van der Waals surface area contributed by atoms with E-state index in [0.29, 0.717) is 6.54 Å². The van der Waals surface area contributed by atoms with E-state index in [2.05, 4.69) is 42.6 Å². The van der Waals surface area contributed by atoms with Gasteiger partial charge in [-0.3, -0.25) is 0 Å². The first-order chi connectivity index (χ1) is 9.70. The lowest BCUT2D eigenvalue weighted by Gasteiger charge is -2.07. The number of hydrogen-bond donors (Lipinski definition) is 1. The lowest BCUT2D eigenvalue weighted by Crippen LogP contribution is -2.06. The van der Waals surface area contributed by atoms with E-state index < -0.39 is 0 Å². The second kappa shape index (κ2) is 5.10. The van der Waals surface area contributed by atoms with Crippen molar-refractivity contribution in [1.82, 2.24) is 9.38 Å². The Kier molecular flexibility index (Phi) is 3.28. The second-order valence-electron chi connectivity index (χ2n) is 5.19. The number of pyridine rings is 1. The fourth-order valence-electron chi connectivity index (χ4n) is 2.72. The molecule has 3 heteroatoms. The molecule has 0 aliphatic heterocycles. The van der Waals surface area contributed by atoms with Crippen molar-refractivity contribution in [2.75, 3.05) is 6.54 Å². The summed E-state index contributed by atoms with van der Waals surface area (Å²) in [6, 6.07) is 12.6. The maximum absolute atomic E-state index is 5.78. The van der Waals surface area contributed by atoms with Gasteiger partial charge in [-0.1, -0.05) is 29.8 Å². The normalized spacial score (nSPS) is 11.2. The van der Waals surface area contributed by atoms with Crippen LogP contribution in [0.5, 0.6) is 0 Å². The molecule has 0 saturated heterocycles. The summed E-state index contributed by atoms with van der Waals surface area (Å²) in [5, 5.41) is 0. The number of hydrogen-bond acceptors (Lipinski definition) is 2. The predicted molar refractivity (Wildman–Crippen MR) is 82.9 cm³/mol. The van der Waals surface area contributed by atoms with Gasteiger partial charge in [-0.25, -0.2) is 4.98 Å². The Labute approximate surface area is 119 Å². The van der Waals surface area contributed by atoms with Crippen LogP contribution in [0.15, 0.2) is 42.6 Å². The fraction of sp³-hybridized carbons (Fsp3) is 0.235. The van der Waals surface area contributed by atoms with E-state index in [9.17, 15) is 0 Å². The van der Waals surface area contributed by atoms with Gasteiger partial charge in [0.25, 0.3) is 0 Å². The molecule has 0 radical (unpaired) electrons. The van der Waals surface area contributed by atoms with E-state index in [1.54, 1.807) is 0 Å². The topological polar surface area (TPSA) is 43.3 Å². The van der Waals surface area contributed by atoms with Crippen molar-refractivity contribution in [1.29, 1.82) is 0 Å². The van der Waals surface area contributed by atoms with Crippen LogP contribution in [-0.4, -0.2) is 15.9 Å². The van der Waals surface area contributed by atoms with Crippen molar-refractivity contribution in [2.24, 2.45) is 5.73 Å². The monoisotopic (exact) mass is 265 g/mol. The van der Waals surface area contributed by atoms with E-state index in [1.165, 1.54) is 22.4 Å². The van der Waals surface area contributed by atoms with Crippen molar-refractivity contribution in [2.45, 2.75) is 20.3 Å². The molecule has 0 atom stereocenters. The summed E-state index contributed by atoms with van der Waals surface area (Å²) in [7, 11) is 0. The number of nitrogens with two attached hydrogens (primary N) is 1. The molecule has 0 spiro atoms. The van der Waals surface area contributed by atoms with Crippen molar-refractivity contribution in [3.8, 4) is 11.3 Å². The average Bonchev–Trinajstić information content (AvgIpc) is 2.78. The minimum Gasteiger partial charge on any atom is -0.330 e. The largest absolute Gasteiger partial charge is 0.330 e. The highest BCUT2D eigenvalue weighted by atomic mass is 15.0. The van der Waals surface area contributed by atoms with Crippen molar-refractivity contribution >= 4 is 5.65 Å². The number of aryl methyl sites for hydroxylation is 2. The zero-order valence-corrected chi connectivity index (χ0v) is 11.9. The summed E-state index contributed by atoms with van der Waals surface area (Å²) in [6.45, 7) is 4.88. The first-order valence-corrected chi connectivity index (χ1v) is 6.94. The van der Waals surface area contributed by atoms with Crippen LogP contribution < -0.4 is 5.73 Å². The summed E-state index contributed by atoms with van der Waals surface area (Å²) >= 11 is 0. The SMILES string of the molecule is Cc1ccc(-c2nc3ccccn3c2CCN)c(C)c1. The summed E-state index contributed by atoms with van der Waals surface area (Å²) in [4.78, 5) is 4.80. The molecular weight excluding hydrogens is 246 g/mol. The second-order valence-corrected chi connectivity index (χ2v) is 5.19. The van der Waals surface area contributed by atoms with Crippen LogP contribution in [0.3, 0.4) is 0 Å². The summed E-state index contributed by atoms with van der Waals surface area (Å²) < 4.78 is 2.14. The van der Waals surface area contributed by atoms with Crippen LogP contribution in [0.25, 0.3) is 16.9 Å². The number of aromatic nitrogens is 2. The van der Waals surface area contributed by atoms with Crippen LogP contribution >= 0.6 is 0 Å². The number of rotatable bonds is 3. The minimum atomic E-state index is 0.626. The van der Waals surface area contributed by atoms with Gasteiger partial charge < -0.3 is 10.1 Å². The molecule has 0 amide bonds. The Hall–Kier alpha value is -2.13. The third-order valence-corrected chi connectivity index (χ3v) is 3.65. The molecule has 0 saturated carbocycles. The van der Waals surface area contributed by atoms with Crippen LogP contribution in [0.2, 0.25) is 0 Å². The molecule has 2 aromatic heterocycles. The number of imidazole rings is 1. The van der Waals surface area contributed by atoms with Gasteiger partial charge >= 0.3 is 0 Å². The van der Waals surface area contributed by atoms with Gasteiger partial charge in [-0.05, 0) is 38.1 Å². The molecule has 0 aliphatic rings. The molecule has 20 heavy (non-hydrogen) atoms.